The van der Waals surface area contributed by atoms with Gasteiger partial charge >= 0.3 is 0 Å². The molecule has 0 unspecified atom stereocenters. The van der Waals surface area contributed by atoms with Crippen molar-refractivity contribution < 1.29 is 4.39 Å². The zero-order chi connectivity index (χ0) is 15.4. The number of hydrogen-bond acceptors (Lipinski definition) is 2. The fourth-order valence-electron chi connectivity index (χ4n) is 2.39. The lowest BCUT2D eigenvalue weighted by atomic mass is 10.0. The SMILES string of the molecule is Cc1nc(CCc2ccccc2F)[nH]c(=O)c1CC(C)C. The summed E-state index contributed by atoms with van der Waals surface area (Å²) in [5.74, 6) is 0.817. The third kappa shape index (κ3) is 4.00. The van der Waals surface area contributed by atoms with Crippen molar-refractivity contribution in [3.8, 4) is 0 Å². The van der Waals surface area contributed by atoms with E-state index in [9.17, 15) is 9.18 Å². The van der Waals surface area contributed by atoms with Crippen LogP contribution in [0.2, 0.25) is 0 Å². The molecular formula is C17H21FN2O. The van der Waals surface area contributed by atoms with Gasteiger partial charge in [-0.25, -0.2) is 9.37 Å². The average Bonchev–Trinajstić information content (AvgIpc) is 2.42. The van der Waals surface area contributed by atoms with Crippen LogP contribution in [0.25, 0.3) is 0 Å². The highest BCUT2D eigenvalue weighted by Gasteiger charge is 2.10. The molecule has 2 aromatic rings. The minimum Gasteiger partial charge on any atom is -0.310 e. The van der Waals surface area contributed by atoms with Gasteiger partial charge in [-0.05, 0) is 37.3 Å². The number of nitrogens with one attached hydrogen (secondary N) is 1. The largest absolute Gasteiger partial charge is 0.310 e. The molecule has 0 spiro atoms. The maximum absolute atomic E-state index is 13.6. The molecule has 21 heavy (non-hydrogen) atoms. The Labute approximate surface area is 124 Å². The van der Waals surface area contributed by atoms with Gasteiger partial charge in [0, 0.05) is 17.7 Å². The second-order valence-corrected chi connectivity index (χ2v) is 5.77. The van der Waals surface area contributed by atoms with Gasteiger partial charge < -0.3 is 4.98 Å². The highest BCUT2D eigenvalue weighted by Crippen LogP contribution is 2.11. The molecule has 1 heterocycles. The molecule has 0 fully saturated rings. The number of rotatable bonds is 5. The molecule has 3 nitrogen and oxygen atoms in total. The Morgan fingerprint density at radius 2 is 1.95 bits per heavy atom. The summed E-state index contributed by atoms with van der Waals surface area (Å²) in [6, 6.07) is 6.69. The van der Waals surface area contributed by atoms with Crippen molar-refractivity contribution in [3.05, 3.63) is 63.1 Å². The zero-order valence-electron chi connectivity index (χ0n) is 12.7. The molecule has 0 aliphatic rings. The first-order valence-corrected chi connectivity index (χ1v) is 7.29. The van der Waals surface area contributed by atoms with Gasteiger partial charge in [-0.2, -0.15) is 0 Å². The van der Waals surface area contributed by atoms with Crippen LogP contribution in [0.1, 0.15) is 36.5 Å². The molecule has 0 aliphatic carbocycles. The van der Waals surface area contributed by atoms with Crippen molar-refractivity contribution in [2.45, 2.75) is 40.0 Å². The topological polar surface area (TPSA) is 45.8 Å². The van der Waals surface area contributed by atoms with Crippen LogP contribution in [0.4, 0.5) is 4.39 Å². The van der Waals surface area contributed by atoms with Crippen LogP contribution in [0, 0.1) is 18.7 Å². The van der Waals surface area contributed by atoms with Gasteiger partial charge in [0.1, 0.15) is 11.6 Å². The van der Waals surface area contributed by atoms with Crippen LogP contribution in [-0.4, -0.2) is 9.97 Å². The molecule has 0 saturated carbocycles. The number of nitrogens with zero attached hydrogens (tertiary/aromatic N) is 1. The quantitative estimate of drug-likeness (QED) is 0.918. The Bertz CT molecular complexity index is 677. The number of H-pyrrole nitrogens is 1. The first-order valence-electron chi connectivity index (χ1n) is 7.29. The summed E-state index contributed by atoms with van der Waals surface area (Å²) in [6.45, 7) is 6.01. The molecule has 112 valence electrons. The molecule has 1 aromatic heterocycles. The Hall–Kier alpha value is -1.97. The van der Waals surface area contributed by atoms with E-state index in [4.69, 9.17) is 0 Å². The van der Waals surface area contributed by atoms with Gasteiger partial charge in [-0.15, -0.1) is 0 Å². The molecule has 2 rings (SSSR count). The number of benzene rings is 1. The van der Waals surface area contributed by atoms with E-state index in [0.717, 1.165) is 17.7 Å². The molecule has 0 bridgehead atoms. The lowest BCUT2D eigenvalue weighted by Crippen LogP contribution is -2.20. The maximum atomic E-state index is 13.6. The van der Waals surface area contributed by atoms with Crippen molar-refractivity contribution in [2.75, 3.05) is 0 Å². The molecule has 0 atom stereocenters. The third-order valence-corrected chi connectivity index (χ3v) is 3.47. The third-order valence-electron chi connectivity index (χ3n) is 3.47. The summed E-state index contributed by atoms with van der Waals surface area (Å²) in [7, 11) is 0. The van der Waals surface area contributed by atoms with Crippen LogP contribution >= 0.6 is 0 Å². The standard InChI is InChI=1S/C17H21FN2O/c1-11(2)10-14-12(3)19-16(20-17(14)21)9-8-13-6-4-5-7-15(13)18/h4-7,11H,8-10H2,1-3H3,(H,19,20,21). The highest BCUT2D eigenvalue weighted by molar-refractivity contribution is 5.20. The molecule has 1 N–H and O–H groups in total. The minimum atomic E-state index is -0.215. The van der Waals surface area contributed by atoms with Crippen LogP contribution in [-0.2, 0) is 19.3 Å². The number of aromatic nitrogens is 2. The zero-order valence-corrected chi connectivity index (χ0v) is 12.7. The van der Waals surface area contributed by atoms with Crippen LogP contribution in [0.15, 0.2) is 29.1 Å². The summed E-state index contributed by atoms with van der Waals surface area (Å²) in [5.41, 5.74) is 2.10. The molecular weight excluding hydrogens is 267 g/mol. The van der Waals surface area contributed by atoms with E-state index in [2.05, 4.69) is 23.8 Å². The molecule has 0 saturated heterocycles. The van der Waals surface area contributed by atoms with E-state index in [1.807, 2.05) is 13.0 Å². The van der Waals surface area contributed by atoms with Crippen molar-refractivity contribution in [2.24, 2.45) is 5.92 Å². The maximum Gasteiger partial charge on any atom is 0.254 e. The molecule has 0 aliphatic heterocycles. The number of hydrogen-bond donors (Lipinski definition) is 1. The lowest BCUT2D eigenvalue weighted by molar-refractivity contribution is 0.606. The highest BCUT2D eigenvalue weighted by atomic mass is 19.1. The number of halogens is 1. The van der Waals surface area contributed by atoms with Crippen LogP contribution < -0.4 is 5.56 Å². The van der Waals surface area contributed by atoms with E-state index < -0.39 is 0 Å². The average molecular weight is 288 g/mol. The summed E-state index contributed by atoms with van der Waals surface area (Å²) < 4.78 is 13.6. The predicted octanol–water partition coefficient (Wildman–Crippen LogP) is 3.20. The summed E-state index contributed by atoms with van der Waals surface area (Å²) in [5, 5.41) is 0. The van der Waals surface area contributed by atoms with E-state index in [-0.39, 0.29) is 11.4 Å². The number of aryl methyl sites for hydroxylation is 3. The van der Waals surface area contributed by atoms with Gasteiger partial charge in [0.25, 0.3) is 5.56 Å². The fourth-order valence-corrected chi connectivity index (χ4v) is 2.39. The van der Waals surface area contributed by atoms with Crippen molar-refractivity contribution >= 4 is 0 Å². The van der Waals surface area contributed by atoms with Gasteiger partial charge in [0.15, 0.2) is 0 Å². The van der Waals surface area contributed by atoms with Crippen molar-refractivity contribution in [1.82, 2.24) is 9.97 Å². The summed E-state index contributed by atoms with van der Waals surface area (Å²) >= 11 is 0. The van der Waals surface area contributed by atoms with Gasteiger partial charge in [-0.3, -0.25) is 4.79 Å². The normalized spacial score (nSPS) is 11.1. The second-order valence-electron chi connectivity index (χ2n) is 5.77. The first-order chi connectivity index (χ1) is 9.97. The second kappa shape index (κ2) is 6.66. The smallest absolute Gasteiger partial charge is 0.254 e. The first kappa shape index (κ1) is 15.4. The molecule has 1 aromatic carbocycles. The molecule has 0 amide bonds. The van der Waals surface area contributed by atoms with Crippen LogP contribution in [0.5, 0.6) is 0 Å². The summed E-state index contributed by atoms with van der Waals surface area (Å²) in [6.07, 6.45) is 1.78. The Kier molecular flexibility index (Phi) is 4.89. The van der Waals surface area contributed by atoms with Crippen LogP contribution in [0.3, 0.4) is 0 Å². The fraction of sp³-hybridized carbons (Fsp3) is 0.412. The minimum absolute atomic E-state index is 0.0697. The number of aromatic amines is 1. The van der Waals surface area contributed by atoms with Gasteiger partial charge in [0.05, 0.1) is 0 Å². The van der Waals surface area contributed by atoms with E-state index in [1.165, 1.54) is 6.07 Å². The van der Waals surface area contributed by atoms with Crippen molar-refractivity contribution in [1.29, 1.82) is 0 Å². The van der Waals surface area contributed by atoms with Gasteiger partial charge in [-0.1, -0.05) is 32.0 Å². The molecule has 4 heteroatoms. The molecule has 0 radical (unpaired) electrons. The Balaban J connectivity index is 2.15. The predicted molar refractivity (Wildman–Crippen MR) is 81.9 cm³/mol. The Morgan fingerprint density at radius 1 is 1.24 bits per heavy atom. The van der Waals surface area contributed by atoms with Gasteiger partial charge in [0.2, 0.25) is 0 Å². The van der Waals surface area contributed by atoms with E-state index >= 15 is 0 Å². The van der Waals surface area contributed by atoms with E-state index in [0.29, 0.717) is 30.1 Å². The van der Waals surface area contributed by atoms with E-state index in [1.54, 1.807) is 12.1 Å². The van der Waals surface area contributed by atoms with Crippen molar-refractivity contribution in [3.63, 3.8) is 0 Å². The summed E-state index contributed by atoms with van der Waals surface area (Å²) in [4.78, 5) is 19.4. The monoisotopic (exact) mass is 288 g/mol. The Morgan fingerprint density at radius 3 is 2.57 bits per heavy atom. The lowest BCUT2D eigenvalue weighted by Gasteiger charge is -2.09.